The Balaban J connectivity index is 1.77. The lowest BCUT2D eigenvalue weighted by Crippen LogP contribution is -2.34. The Kier molecular flexibility index (Phi) is 6.15. The summed E-state index contributed by atoms with van der Waals surface area (Å²) < 4.78 is 11.4. The van der Waals surface area contributed by atoms with E-state index >= 15 is 0 Å². The van der Waals surface area contributed by atoms with Crippen molar-refractivity contribution in [2.75, 3.05) is 26.8 Å². The van der Waals surface area contributed by atoms with Crippen molar-refractivity contribution in [3.05, 3.63) is 34.9 Å². The molecule has 1 aliphatic heterocycles. The second kappa shape index (κ2) is 8.54. The normalized spacial score (nSPS) is 18.3. The quantitative estimate of drug-likeness (QED) is 0.812. The minimum Gasteiger partial charge on any atom is -0.493 e. The molecular formula is C18H25ClN4O2. The van der Waals surface area contributed by atoms with Crippen molar-refractivity contribution in [2.45, 2.75) is 38.6 Å². The molecular weight excluding hydrogens is 340 g/mol. The summed E-state index contributed by atoms with van der Waals surface area (Å²) in [5.41, 5.74) is 1.07. The monoisotopic (exact) mass is 364 g/mol. The number of likely N-dealkylation sites (tertiary alicyclic amines) is 1. The first-order valence-electron chi connectivity index (χ1n) is 8.78. The first-order chi connectivity index (χ1) is 12.2. The number of H-pyrrole nitrogens is 1. The summed E-state index contributed by atoms with van der Waals surface area (Å²) in [5, 5.41) is 7.65. The highest BCUT2D eigenvalue weighted by Crippen LogP contribution is 2.36. The Morgan fingerprint density at radius 1 is 1.40 bits per heavy atom. The number of aromatic nitrogens is 3. The third-order valence-corrected chi connectivity index (χ3v) is 4.71. The molecule has 0 bridgehead atoms. The zero-order valence-electron chi connectivity index (χ0n) is 14.8. The summed E-state index contributed by atoms with van der Waals surface area (Å²) in [7, 11) is 1.65. The minimum absolute atomic E-state index is 0.386. The van der Waals surface area contributed by atoms with Crippen LogP contribution in [-0.2, 0) is 6.54 Å². The number of nitrogens with zero attached hydrogens (tertiary/aromatic N) is 3. The van der Waals surface area contributed by atoms with Crippen LogP contribution in [0.25, 0.3) is 0 Å². The molecule has 0 aliphatic carbocycles. The largest absolute Gasteiger partial charge is 0.493 e. The highest BCUT2D eigenvalue weighted by Gasteiger charge is 2.25. The molecule has 6 nitrogen and oxygen atoms in total. The number of nitrogens with one attached hydrogen (secondary N) is 1. The number of methoxy groups -OCH3 is 1. The average molecular weight is 365 g/mol. The van der Waals surface area contributed by atoms with Gasteiger partial charge in [0.25, 0.3) is 0 Å². The molecule has 3 rings (SSSR count). The van der Waals surface area contributed by atoms with Crippen LogP contribution < -0.4 is 9.47 Å². The molecule has 0 unspecified atom stereocenters. The van der Waals surface area contributed by atoms with E-state index < -0.39 is 0 Å². The summed E-state index contributed by atoms with van der Waals surface area (Å²) in [5.74, 6) is 2.85. The summed E-state index contributed by atoms with van der Waals surface area (Å²) in [4.78, 5) is 6.74. The Labute approximate surface area is 153 Å². The van der Waals surface area contributed by atoms with Crippen LogP contribution in [0.15, 0.2) is 18.5 Å². The molecule has 7 heteroatoms. The molecule has 1 saturated heterocycles. The second-order valence-corrected chi connectivity index (χ2v) is 6.83. The van der Waals surface area contributed by atoms with Gasteiger partial charge >= 0.3 is 0 Å². The van der Waals surface area contributed by atoms with Crippen LogP contribution in [0.4, 0.5) is 0 Å². The summed E-state index contributed by atoms with van der Waals surface area (Å²) in [6, 6.07) is 3.79. The third-order valence-electron chi connectivity index (χ3n) is 4.49. The summed E-state index contributed by atoms with van der Waals surface area (Å²) >= 11 is 6.29. The highest BCUT2D eigenvalue weighted by molar-refractivity contribution is 6.30. The number of halogens is 1. The molecule has 1 fully saturated rings. The zero-order chi connectivity index (χ0) is 17.6. The van der Waals surface area contributed by atoms with E-state index in [1.54, 1.807) is 13.4 Å². The minimum atomic E-state index is 0.386. The van der Waals surface area contributed by atoms with Crippen LogP contribution in [0.3, 0.4) is 0 Å². The van der Waals surface area contributed by atoms with E-state index in [0.29, 0.717) is 23.3 Å². The molecule has 1 atom stereocenters. The van der Waals surface area contributed by atoms with Gasteiger partial charge in [-0.25, -0.2) is 4.98 Å². The molecule has 0 spiro atoms. The van der Waals surface area contributed by atoms with Crippen molar-refractivity contribution >= 4 is 11.6 Å². The van der Waals surface area contributed by atoms with Crippen LogP contribution in [0.1, 0.15) is 43.5 Å². The number of benzene rings is 1. The summed E-state index contributed by atoms with van der Waals surface area (Å²) in [6.07, 6.45) is 4.78. The average Bonchev–Trinajstić information content (AvgIpc) is 3.15. The van der Waals surface area contributed by atoms with Gasteiger partial charge in [0.2, 0.25) is 0 Å². The lowest BCUT2D eigenvalue weighted by atomic mass is 9.97. The van der Waals surface area contributed by atoms with Gasteiger partial charge in [-0.1, -0.05) is 18.5 Å². The van der Waals surface area contributed by atoms with Gasteiger partial charge in [0.05, 0.1) is 13.7 Å². The SMILES string of the molecule is CCCOc1c(CN2CCC[C@@H](c3ncn[nH]3)C2)cc(Cl)cc1OC. The van der Waals surface area contributed by atoms with Gasteiger partial charge in [0.1, 0.15) is 12.2 Å². The number of hydrogen-bond acceptors (Lipinski definition) is 5. The lowest BCUT2D eigenvalue weighted by molar-refractivity contribution is 0.192. The fourth-order valence-electron chi connectivity index (χ4n) is 3.33. The highest BCUT2D eigenvalue weighted by atomic mass is 35.5. The van der Waals surface area contributed by atoms with Gasteiger partial charge < -0.3 is 9.47 Å². The van der Waals surface area contributed by atoms with Gasteiger partial charge in [-0.2, -0.15) is 5.10 Å². The Hall–Kier alpha value is -1.79. The van der Waals surface area contributed by atoms with Crippen molar-refractivity contribution in [1.82, 2.24) is 20.1 Å². The van der Waals surface area contributed by atoms with E-state index in [9.17, 15) is 0 Å². The summed E-state index contributed by atoms with van der Waals surface area (Å²) in [6.45, 7) is 5.52. The Morgan fingerprint density at radius 2 is 2.28 bits per heavy atom. The first kappa shape index (κ1) is 18.0. The Bertz CT molecular complexity index is 678. The van der Waals surface area contributed by atoms with Crippen LogP contribution in [0.2, 0.25) is 5.02 Å². The van der Waals surface area contributed by atoms with E-state index in [2.05, 4.69) is 27.0 Å². The molecule has 1 N–H and O–H groups in total. The number of rotatable bonds is 7. The van der Waals surface area contributed by atoms with Crippen molar-refractivity contribution in [3.8, 4) is 11.5 Å². The third kappa shape index (κ3) is 4.44. The van der Waals surface area contributed by atoms with Crippen molar-refractivity contribution in [1.29, 1.82) is 0 Å². The molecule has 1 aromatic carbocycles. The topological polar surface area (TPSA) is 63.3 Å². The second-order valence-electron chi connectivity index (χ2n) is 6.39. The van der Waals surface area contributed by atoms with Crippen LogP contribution in [0.5, 0.6) is 11.5 Å². The van der Waals surface area contributed by atoms with Crippen LogP contribution >= 0.6 is 11.6 Å². The lowest BCUT2D eigenvalue weighted by Gasteiger charge is -2.32. The Morgan fingerprint density at radius 3 is 3.00 bits per heavy atom. The molecule has 2 heterocycles. The van der Waals surface area contributed by atoms with Crippen molar-refractivity contribution < 1.29 is 9.47 Å². The molecule has 136 valence electrons. The number of ether oxygens (including phenoxy) is 2. The van der Waals surface area contributed by atoms with E-state index in [1.807, 2.05) is 12.1 Å². The number of piperidine rings is 1. The van der Waals surface area contributed by atoms with Gasteiger partial charge in [0.15, 0.2) is 11.5 Å². The fraction of sp³-hybridized carbons (Fsp3) is 0.556. The molecule has 0 radical (unpaired) electrons. The fourth-order valence-corrected chi connectivity index (χ4v) is 3.57. The zero-order valence-corrected chi connectivity index (χ0v) is 15.6. The van der Waals surface area contributed by atoms with E-state index in [4.69, 9.17) is 21.1 Å². The van der Waals surface area contributed by atoms with E-state index in [1.165, 1.54) is 0 Å². The maximum atomic E-state index is 6.29. The van der Waals surface area contributed by atoms with Crippen molar-refractivity contribution in [3.63, 3.8) is 0 Å². The smallest absolute Gasteiger partial charge is 0.165 e. The van der Waals surface area contributed by atoms with E-state index in [0.717, 1.165) is 56.0 Å². The maximum Gasteiger partial charge on any atom is 0.165 e. The molecule has 2 aromatic rings. The van der Waals surface area contributed by atoms with Crippen LogP contribution in [-0.4, -0.2) is 46.9 Å². The van der Waals surface area contributed by atoms with E-state index in [-0.39, 0.29) is 0 Å². The molecule has 25 heavy (non-hydrogen) atoms. The standard InChI is InChI=1S/C18H25ClN4O2/c1-3-7-25-17-14(8-15(19)9-16(17)24-2)11-23-6-4-5-13(10-23)18-20-12-21-22-18/h8-9,12-13H,3-7,10-11H2,1-2H3,(H,20,21,22)/t13-/m1/s1. The maximum absolute atomic E-state index is 6.29. The van der Waals surface area contributed by atoms with Crippen molar-refractivity contribution in [2.24, 2.45) is 0 Å². The van der Waals surface area contributed by atoms with Gasteiger partial charge in [-0.05, 0) is 31.9 Å². The predicted octanol–water partition coefficient (Wildman–Crippen LogP) is 3.64. The molecule has 1 aromatic heterocycles. The molecule has 0 saturated carbocycles. The predicted molar refractivity (Wildman–Crippen MR) is 97.4 cm³/mol. The first-order valence-corrected chi connectivity index (χ1v) is 9.15. The number of aromatic amines is 1. The van der Waals surface area contributed by atoms with Gasteiger partial charge in [0, 0.05) is 35.7 Å². The van der Waals surface area contributed by atoms with Gasteiger partial charge in [-0.15, -0.1) is 0 Å². The van der Waals surface area contributed by atoms with Crippen LogP contribution in [0, 0.1) is 0 Å². The molecule has 1 aliphatic rings. The van der Waals surface area contributed by atoms with Gasteiger partial charge in [-0.3, -0.25) is 10.00 Å². The molecule has 0 amide bonds. The number of hydrogen-bond donors (Lipinski definition) is 1.